The van der Waals surface area contributed by atoms with Gasteiger partial charge >= 0.3 is 17.9 Å². The molecule has 0 spiro atoms. The number of esters is 3. The SMILES string of the molecule is CCOC(=O)C1(CSCc2ccco2)OC(=O)C(OC(C)=O)=C1SCc1ccco1. The van der Waals surface area contributed by atoms with Crippen LogP contribution < -0.4 is 0 Å². The average Bonchev–Trinajstić information content (AvgIpc) is 3.44. The molecule has 0 radical (unpaired) electrons. The Morgan fingerprint density at radius 3 is 2.33 bits per heavy atom. The van der Waals surface area contributed by atoms with Crippen LogP contribution in [0.25, 0.3) is 0 Å². The maximum Gasteiger partial charge on any atom is 0.376 e. The molecule has 1 unspecified atom stereocenters. The molecule has 0 aliphatic carbocycles. The van der Waals surface area contributed by atoms with E-state index in [0.717, 1.165) is 11.8 Å². The molecular formula is C20H20O8S2. The van der Waals surface area contributed by atoms with Gasteiger partial charge in [0.25, 0.3) is 5.60 Å². The molecule has 30 heavy (non-hydrogen) atoms. The van der Waals surface area contributed by atoms with Gasteiger partial charge in [-0.25, -0.2) is 9.59 Å². The number of carbonyl (C=O) groups is 3. The molecule has 0 aromatic carbocycles. The Morgan fingerprint density at radius 2 is 1.77 bits per heavy atom. The van der Waals surface area contributed by atoms with Crippen LogP contribution in [0.1, 0.15) is 25.4 Å². The van der Waals surface area contributed by atoms with Gasteiger partial charge < -0.3 is 23.0 Å². The van der Waals surface area contributed by atoms with E-state index in [9.17, 15) is 14.4 Å². The van der Waals surface area contributed by atoms with Gasteiger partial charge in [-0.15, -0.1) is 23.5 Å². The Labute approximate surface area is 181 Å². The topological polar surface area (TPSA) is 105 Å². The monoisotopic (exact) mass is 452 g/mol. The highest BCUT2D eigenvalue weighted by Gasteiger charge is 2.56. The molecule has 0 amide bonds. The van der Waals surface area contributed by atoms with Gasteiger partial charge in [-0.2, -0.15) is 0 Å². The van der Waals surface area contributed by atoms with Gasteiger partial charge in [0.05, 0.1) is 41.3 Å². The minimum absolute atomic E-state index is 0.0591. The smallest absolute Gasteiger partial charge is 0.376 e. The summed E-state index contributed by atoms with van der Waals surface area (Å²) in [6.45, 7) is 2.93. The first-order valence-corrected chi connectivity index (χ1v) is 11.2. The van der Waals surface area contributed by atoms with E-state index in [1.54, 1.807) is 37.5 Å². The Balaban J connectivity index is 1.92. The van der Waals surface area contributed by atoms with E-state index in [1.807, 2.05) is 0 Å². The lowest BCUT2D eigenvalue weighted by Gasteiger charge is -2.27. The lowest BCUT2D eigenvalue weighted by atomic mass is 10.1. The minimum atomic E-state index is -1.73. The largest absolute Gasteiger partial charge is 0.468 e. The second kappa shape index (κ2) is 9.94. The Kier molecular flexibility index (Phi) is 7.33. The summed E-state index contributed by atoms with van der Waals surface area (Å²) in [5, 5.41) is 0. The van der Waals surface area contributed by atoms with Crippen LogP contribution in [0, 0.1) is 0 Å². The highest BCUT2D eigenvalue weighted by atomic mass is 32.2. The quantitative estimate of drug-likeness (QED) is 0.391. The summed E-state index contributed by atoms with van der Waals surface area (Å²) < 4.78 is 26.5. The van der Waals surface area contributed by atoms with Crippen molar-refractivity contribution in [2.45, 2.75) is 31.0 Å². The van der Waals surface area contributed by atoms with E-state index in [-0.39, 0.29) is 23.0 Å². The van der Waals surface area contributed by atoms with E-state index in [0.29, 0.717) is 23.0 Å². The van der Waals surface area contributed by atoms with Crippen molar-refractivity contribution in [2.75, 3.05) is 12.4 Å². The first kappa shape index (κ1) is 22.1. The Hall–Kier alpha value is -2.59. The van der Waals surface area contributed by atoms with Crippen molar-refractivity contribution in [3.05, 3.63) is 59.0 Å². The van der Waals surface area contributed by atoms with E-state index in [2.05, 4.69) is 0 Å². The van der Waals surface area contributed by atoms with E-state index in [4.69, 9.17) is 23.0 Å². The van der Waals surface area contributed by atoms with Crippen molar-refractivity contribution in [3.63, 3.8) is 0 Å². The number of rotatable bonds is 10. The summed E-state index contributed by atoms with van der Waals surface area (Å²) in [6, 6.07) is 7.05. The number of thioether (sulfide) groups is 2. The molecule has 0 saturated heterocycles. The minimum Gasteiger partial charge on any atom is -0.468 e. The van der Waals surface area contributed by atoms with Crippen molar-refractivity contribution in [1.82, 2.24) is 0 Å². The van der Waals surface area contributed by atoms with Gasteiger partial charge in [-0.3, -0.25) is 4.79 Å². The number of furan rings is 2. The van der Waals surface area contributed by atoms with Gasteiger partial charge in [-0.1, -0.05) is 0 Å². The van der Waals surface area contributed by atoms with Crippen LogP contribution in [0.5, 0.6) is 0 Å². The third-order valence-electron chi connectivity index (χ3n) is 3.94. The second-order valence-electron chi connectivity index (χ2n) is 6.13. The number of hydrogen-bond acceptors (Lipinski definition) is 10. The molecule has 3 heterocycles. The lowest BCUT2D eigenvalue weighted by Crippen LogP contribution is -2.44. The fourth-order valence-corrected chi connectivity index (χ4v) is 5.01. The fraction of sp³-hybridized carbons (Fsp3) is 0.350. The summed E-state index contributed by atoms with van der Waals surface area (Å²) >= 11 is 2.46. The molecule has 0 bridgehead atoms. The third-order valence-corrected chi connectivity index (χ3v) is 6.28. The van der Waals surface area contributed by atoms with Crippen LogP contribution in [0.3, 0.4) is 0 Å². The molecular weight excluding hydrogens is 432 g/mol. The van der Waals surface area contributed by atoms with Crippen molar-refractivity contribution in [1.29, 1.82) is 0 Å². The Morgan fingerprint density at radius 1 is 1.10 bits per heavy atom. The normalized spacial score (nSPS) is 18.4. The molecule has 3 rings (SSSR count). The molecule has 2 aromatic heterocycles. The maximum absolute atomic E-state index is 13.0. The summed E-state index contributed by atoms with van der Waals surface area (Å²) in [6.07, 6.45) is 3.07. The molecule has 1 aliphatic rings. The lowest BCUT2D eigenvalue weighted by molar-refractivity contribution is -0.170. The summed E-state index contributed by atoms with van der Waals surface area (Å²) in [5.41, 5.74) is -1.73. The van der Waals surface area contributed by atoms with Crippen LogP contribution in [0.15, 0.2) is 56.3 Å². The standard InChI is InChI=1S/C20H20O8S2/c1-3-24-19(23)20(12-29-10-14-6-4-8-25-14)17(30-11-15-7-5-9-26-15)16(18(22)28-20)27-13(2)21/h4-9H,3,10-12H2,1-2H3. The molecule has 0 saturated carbocycles. The van der Waals surface area contributed by atoms with Crippen LogP contribution >= 0.6 is 23.5 Å². The zero-order valence-corrected chi connectivity index (χ0v) is 18.0. The van der Waals surface area contributed by atoms with Crippen LogP contribution in [-0.4, -0.2) is 35.9 Å². The van der Waals surface area contributed by atoms with Crippen LogP contribution in [0.4, 0.5) is 0 Å². The van der Waals surface area contributed by atoms with E-state index in [1.165, 1.54) is 24.9 Å². The third kappa shape index (κ3) is 4.93. The van der Waals surface area contributed by atoms with Crippen molar-refractivity contribution in [3.8, 4) is 0 Å². The molecule has 0 fully saturated rings. The average molecular weight is 453 g/mol. The first-order valence-electron chi connectivity index (χ1n) is 9.05. The van der Waals surface area contributed by atoms with Gasteiger partial charge in [0.1, 0.15) is 11.5 Å². The zero-order valence-electron chi connectivity index (χ0n) is 16.4. The number of hydrogen-bond donors (Lipinski definition) is 0. The van der Waals surface area contributed by atoms with Gasteiger partial charge in [0.2, 0.25) is 5.76 Å². The first-order chi connectivity index (χ1) is 14.5. The Bertz CT molecular complexity index is 917. The van der Waals surface area contributed by atoms with Crippen molar-refractivity contribution in [2.24, 2.45) is 0 Å². The molecule has 160 valence electrons. The van der Waals surface area contributed by atoms with Crippen LogP contribution in [0.2, 0.25) is 0 Å². The molecule has 10 heteroatoms. The maximum atomic E-state index is 13.0. The predicted molar refractivity (Wildman–Crippen MR) is 109 cm³/mol. The molecule has 8 nitrogen and oxygen atoms in total. The predicted octanol–water partition coefficient (Wildman–Crippen LogP) is 3.67. The second-order valence-corrected chi connectivity index (χ2v) is 8.10. The van der Waals surface area contributed by atoms with Gasteiger partial charge in [0, 0.05) is 6.92 Å². The molecule has 1 atom stereocenters. The highest BCUT2D eigenvalue weighted by molar-refractivity contribution is 8.02. The summed E-state index contributed by atoms with van der Waals surface area (Å²) in [7, 11) is 0. The fourth-order valence-electron chi connectivity index (χ4n) is 2.70. The number of ether oxygens (including phenoxy) is 3. The van der Waals surface area contributed by atoms with Gasteiger partial charge in [0.15, 0.2) is 0 Å². The zero-order chi connectivity index (χ0) is 21.6. The van der Waals surface area contributed by atoms with E-state index >= 15 is 0 Å². The molecule has 1 aliphatic heterocycles. The van der Waals surface area contributed by atoms with Crippen molar-refractivity contribution >= 4 is 41.4 Å². The number of carbonyl (C=O) groups excluding carboxylic acids is 3. The number of cyclic esters (lactones) is 1. The summed E-state index contributed by atoms with van der Waals surface area (Å²) in [5.74, 6) is -0.477. The molecule has 0 N–H and O–H groups in total. The van der Waals surface area contributed by atoms with Gasteiger partial charge in [-0.05, 0) is 31.2 Å². The van der Waals surface area contributed by atoms with Crippen LogP contribution in [-0.2, 0) is 40.1 Å². The van der Waals surface area contributed by atoms with E-state index < -0.39 is 23.5 Å². The highest BCUT2D eigenvalue weighted by Crippen LogP contribution is 2.45. The summed E-state index contributed by atoms with van der Waals surface area (Å²) in [4.78, 5) is 37.3. The van der Waals surface area contributed by atoms with Crippen molar-refractivity contribution < 1.29 is 37.4 Å². The molecule has 2 aromatic rings.